The van der Waals surface area contributed by atoms with Gasteiger partial charge in [-0.3, -0.25) is 9.59 Å². The van der Waals surface area contributed by atoms with Gasteiger partial charge in [-0.15, -0.1) is 0 Å². The fourth-order valence-electron chi connectivity index (χ4n) is 2.27. The Morgan fingerprint density at radius 3 is 2.22 bits per heavy atom. The van der Waals surface area contributed by atoms with E-state index in [-0.39, 0.29) is 19.4 Å². The van der Waals surface area contributed by atoms with E-state index in [2.05, 4.69) is 10.5 Å². The third-order valence-electron chi connectivity index (χ3n) is 3.51. The lowest BCUT2D eigenvalue weighted by atomic mass is 10.1. The van der Waals surface area contributed by atoms with E-state index in [4.69, 9.17) is 14.6 Å². The second kappa shape index (κ2) is 10.6. The van der Waals surface area contributed by atoms with Gasteiger partial charge in [-0.25, -0.2) is 5.43 Å². The van der Waals surface area contributed by atoms with Crippen molar-refractivity contribution in [3.63, 3.8) is 0 Å². The van der Waals surface area contributed by atoms with Crippen molar-refractivity contribution in [3.8, 4) is 11.5 Å². The van der Waals surface area contributed by atoms with Gasteiger partial charge in [-0.1, -0.05) is 42.5 Å². The Hall–Kier alpha value is -3.35. The summed E-state index contributed by atoms with van der Waals surface area (Å²) in [7, 11) is 0. The van der Waals surface area contributed by atoms with E-state index in [0.29, 0.717) is 23.8 Å². The number of aliphatic carboxylic acids is 1. The molecule has 2 rings (SSSR count). The van der Waals surface area contributed by atoms with Crippen molar-refractivity contribution in [2.75, 3.05) is 13.2 Å². The molecule has 0 atom stereocenters. The number of carboxylic acid groups (broad SMARTS) is 1. The van der Waals surface area contributed by atoms with Crippen molar-refractivity contribution in [2.24, 2.45) is 5.10 Å². The molecule has 0 radical (unpaired) electrons. The number of benzene rings is 2. The van der Waals surface area contributed by atoms with Gasteiger partial charge in [-0.2, -0.15) is 5.10 Å². The normalized spacial score (nSPS) is 10.9. The fourth-order valence-corrected chi connectivity index (χ4v) is 2.27. The molecule has 7 heteroatoms. The van der Waals surface area contributed by atoms with Gasteiger partial charge in [0.1, 0.15) is 0 Å². The highest BCUT2D eigenvalue weighted by molar-refractivity contribution is 6.02. The van der Waals surface area contributed by atoms with Crippen LogP contribution >= 0.6 is 0 Å². The van der Waals surface area contributed by atoms with E-state index in [1.54, 1.807) is 18.2 Å². The maximum Gasteiger partial charge on any atom is 0.303 e. The standard InChI is InChI=1S/C20H22N2O5/c1-2-26-17-10-6-7-11-18(17)27-14-19(23)22-21-16(12-13-20(24)25)15-8-4-3-5-9-15/h3-11H,2,12-14H2,1H3,(H,22,23)(H,24,25). The number of carbonyl (C=O) groups excluding carboxylic acids is 1. The summed E-state index contributed by atoms with van der Waals surface area (Å²) < 4.78 is 10.9. The van der Waals surface area contributed by atoms with E-state index < -0.39 is 11.9 Å². The van der Waals surface area contributed by atoms with Crippen LogP contribution in [-0.4, -0.2) is 35.9 Å². The average molecular weight is 370 g/mol. The van der Waals surface area contributed by atoms with Crippen molar-refractivity contribution < 1.29 is 24.2 Å². The highest BCUT2D eigenvalue weighted by Gasteiger charge is 2.10. The molecule has 1 amide bonds. The Kier molecular flexibility index (Phi) is 7.84. The highest BCUT2D eigenvalue weighted by atomic mass is 16.5. The number of rotatable bonds is 10. The van der Waals surface area contributed by atoms with Crippen LogP contribution in [-0.2, 0) is 9.59 Å². The topological polar surface area (TPSA) is 97.2 Å². The minimum absolute atomic E-state index is 0.0815. The largest absolute Gasteiger partial charge is 0.490 e. The van der Waals surface area contributed by atoms with Gasteiger partial charge in [0, 0.05) is 6.42 Å². The van der Waals surface area contributed by atoms with Crippen LogP contribution in [0.25, 0.3) is 0 Å². The predicted molar refractivity (Wildman–Crippen MR) is 101 cm³/mol. The van der Waals surface area contributed by atoms with Crippen LogP contribution in [0.1, 0.15) is 25.3 Å². The van der Waals surface area contributed by atoms with Crippen LogP contribution in [0.4, 0.5) is 0 Å². The quantitative estimate of drug-likeness (QED) is 0.495. The number of nitrogens with one attached hydrogen (secondary N) is 1. The van der Waals surface area contributed by atoms with E-state index in [9.17, 15) is 9.59 Å². The summed E-state index contributed by atoms with van der Waals surface area (Å²) in [4.78, 5) is 22.9. The lowest BCUT2D eigenvalue weighted by molar-refractivity contribution is -0.136. The molecule has 0 unspecified atom stereocenters. The van der Waals surface area contributed by atoms with Gasteiger partial charge in [0.05, 0.1) is 18.7 Å². The smallest absolute Gasteiger partial charge is 0.303 e. The molecule has 0 aliphatic rings. The van der Waals surface area contributed by atoms with Gasteiger partial charge >= 0.3 is 5.97 Å². The molecule has 0 bridgehead atoms. The van der Waals surface area contributed by atoms with Gasteiger partial charge in [-0.05, 0) is 24.6 Å². The van der Waals surface area contributed by atoms with Crippen molar-refractivity contribution in [1.82, 2.24) is 5.43 Å². The lowest BCUT2D eigenvalue weighted by Gasteiger charge is -2.11. The van der Waals surface area contributed by atoms with E-state index in [0.717, 1.165) is 5.56 Å². The minimum atomic E-state index is -0.930. The molecule has 2 aromatic rings. The molecule has 0 saturated carbocycles. The maximum atomic E-state index is 12.1. The first kappa shape index (κ1) is 20.0. The number of para-hydroxylation sites is 2. The summed E-state index contributed by atoms with van der Waals surface area (Å²) in [5.41, 5.74) is 3.66. The van der Waals surface area contributed by atoms with Gasteiger partial charge in [0.15, 0.2) is 18.1 Å². The molecule has 0 spiro atoms. The molecule has 0 fully saturated rings. The second-order valence-corrected chi connectivity index (χ2v) is 5.52. The molecule has 2 N–H and O–H groups in total. The molecule has 142 valence electrons. The maximum absolute atomic E-state index is 12.1. The van der Waals surface area contributed by atoms with E-state index in [1.165, 1.54) is 0 Å². The van der Waals surface area contributed by atoms with Crippen molar-refractivity contribution in [2.45, 2.75) is 19.8 Å². The van der Waals surface area contributed by atoms with Gasteiger partial charge < -0.3 is 14.6 Å². The van der Waals surface area contributed by atoms with Crippen molar-refractivity contribution >= 4 is 17.6 Å². The van der Waals surface area contributed by atoms with Crippen LogP contribution in [0, 0.1) is 0 Å². The zero-order valence-electron chi connectivity index (χ0n) is 15.1. The highest BCUT2D eigenvalue weighted by Crippen LogP contribution is 2.26. The Balaban J connectivity index is 1.98. The number of hydrogen-bond acceptors (Lipinski definition) is 5. The summed E-state index contributed by atoms with van der Waals surface area (Å²) in [6.45, 7) is 2.11. The van der Waals surface area contributed by atoms with Crippen LogP contribution in [0.15, 0.2) is 59.7 Å². The number of hydrazone groups is 1. The zero-order valence-corrected chi connectivity index (χ0v) is 15.1. The molecule has 27 heavy (non-hydrogen) atoms. The van der Waals surface area contributed by atoms with Crippen molar-refractivity contribution in [3.05, 3.63) is 60.2 Å². The number of carbonyl (C=O) groups is 2. The first-order valence-electron chi connectivity index (χ1n) is 8.57. The summed E-state index contributed by atoms with van der Waals surface area (Å²) in [5.74, 6) is -0.360. The molecule has 0 aliphatic carbocycles. The van der Waals surface area contributed by atoms with Crippen LogP contribution in [0.3, 0.4) is 0 Å². The SMILES string of the molecule is CCOc1ccccc1OCC(=O)NN=C(CCC(=O)O)c1ccccc1. The van der Waals surface area contributed by atoms with Crippen molar-refractivity contribution in [1.29, 1.82) is 0 Å². The number of nitrogens with zero attached hydrogens (tertiary/aromatic N) is 1. The van der Waals surface area contributed by atoms with E-state index >= 15 is 0 Å². The summed E-state index contributed by atoms with van der Waals surface area (Å²) in [6, 6.07) is 16.2. The Morgan fingerprint density at radius 2 is 1.59 bits per heavy atom. The number of ether oxygens (including phenoxy) is 2. The molecule has 0 aromatic heterocycles. The third-order valence-corrected chi connectivity index (χ3v) is 3.51. The molecule has 2 aromatic carbocycles. The molecule has 0 saturated heterocycles. The monoisotopic (exact) mass is 370 g/mol. The van der Waals surface area contributed by atoms with Crippen LogP contribution in [0.2, 0.25) is 0 Å². The first-order valence-corrected chi connectivity index (χ1v) is 8.57. The zero-order chi connectivity index (χ0) is 19.5. The predicted octanol–water partition coefficient (Wildman–Crippen LogP) is 2.85. The summed E-state index contributed by atoms with van der Waals surface area (Å²) in [6.07, 6.45) is 0.121. The second-order valence-electron chi connectivity index (χ2n) is 5.52. The van der Waals surface area contributed by atoms with Crippen LogP contribution in [0.5, 0.6) is 11.5 Å². The minimum Gasteiger partial charge on any atom is -0.490 e. The number of hydrogen-bond donors (Lipinski definition) is 2. The molecule has 0 heterocycles. The third kappa shape index (κ3) is 6.81. The van der Waals surface area contributed by atoms with Crippen LogP contribution < -0.4 is 14.9 Å². The molecule has 0 aliphatic heterocycles. The van der Waals surface area contributed by atoms with Gasteiger partial charge in [0.25, 0.3) is 5.91 Å². The lowest BCUT2D eigenvalue weighted by Crippen LogP contribution is -2.26. The first-order chi connectivity index (χ1) is 13.1. The fraction of sp³-hybridized carbons (Fsp3) is 0.250. The number of amides is 1. The molecular formula is C20H22N2O5. The summed E-state index contributed by atoms with van der Waals surface area (Å²) in [5, 5.41) is 13.0. The average Bonchev–Trinajstić information content (AvgIpc) is 2.68. The Morgan fingerprint density at radius 1 is 0.963 bits per heavy atom. The summed E-state index contributed by atoms with van der Waals surface area (Å²) >= 11 is 0. The molecular weight excluding hydrogens is 348 g/mol. The Bertz CT molecular complexity index is 790. The van der Waals surface area contributed by atoms with E-state index in [1.807, 2.05) is 43.3 Å². The Labute approximate surface area is 157 Å². The van der Waals surface area contributed by atoms with Gasteiger partial charge in [0.2, 0.25) is 0 Å². The molecule has 7 nitrogen and oxygen atoms in total. The number of carboxylic acids is 1.